The number of halogens is 4. The van der Waals surface area contributed by atoms with E-state index < -0.39 is 31.8 Å². The standard InChI is InChI=1S/C35H47F3INO3Si/c1-32(2,3)44(6,7)43-25-20-33(4,5)19-24-27(25)29-28(30(40-24)21-14-17-41-18-15-21)31(42-34(29)16-8-9-26(34)39)22-10-12-23(13-11-22)35(36,37)38/h10-13,21,25-26,31H,8-9,14-20H2,1-7H3/t25-,26?,31-,34?/m0/s1. The zero-order valence-electron chi connectivity index (χ0n) is 27.2. The molecule has 2 aromatic rings. The number of aromatic nitrogens is 1. The molecule has 1 spiro atoms. The van der Waals surface area contributed by atoms with E-state index in [1.54, 1.807) is 12.1 Å². The number of alkyl halides is 4. The van der Waals surface area contributed by atoms with Gasteiger partial charge in [0.1, 0.15) is 11.7 Å². The lowest BCUT2D eigenvalue weighted by Gasteiger charge is -2.46. The molecular weight excluding hydrogens is 694 g/mol. The summed E-state index contributed by atoms with van der Waals surface area (Å²) in [6, 6.07) is 5.64. The summed E-state index contributed by atoms with van der Waals surface area (Å²) in [5.41, 5.74) is 5.41. The number of hydrogen-bond acceptors (Lipinski definition) is 4. The first-order valence-electron chi connectivity index (χ1n) is 16.3. The molecule has 4 aliphatic rings. The number of hydrogen-bond donors (Lipinski definition) is 0. The molecule has 2 fully saturated rings. The van der Waals surface area contributed by atoms with Gasteiger partial charge in [-0.25, -0.2) is 0 Å². The van der Waals surface area contributed by atoms with Crippen LogP contribution in [0.15, 0.2) is 24.3 Å². The van der Waals surface area contributed by atoms with E-state index >= 15 is 0 Å². The van der Waals surface area contributed by atoms with Crippen LogP contribution in [0.1, 0.15) is 130 Å². The summed E-state index contributed by atoms with van der Waals surface area (Å²) < 4.78 is 61.4. The third-order valence-electron chi connectivity index (χ3n) is 11.0. The van der Waals surface area contributed by atoms with E-state index in [4.69, 9.17) is 18.9 Å². The normalized spacial score (nSPS) is 29.2. The third kappa shape index (κ3) is 5.73. The van der Waals surface area contributed by atoms with Crippen molar-refractivity contribution in [2.45, 2.75) is 132 Å². The minimum atomic E-state index is -4.39. The maximum atomic E-state index is 13.6. The van der Waals surface area contributed by atoms with Crippen LogP contribution in [-0.4, -0.2) is 30.4 Å². The monoisotopic (exact) mass is 741 g/mol. The average molecular weight is 742 g/mol. The zero-order valence-corrected chi connectivity index (χ0v) is 30.3. The van der Waals surface area contributed by atoms with Crippen molar-refractivity contribution < 1.29 is 27.1 Å². The van der Waals surface area contributed by atoms with Crippen LogP contribution >= 0.6 is 22.6 Å². The molecule has 9 heteroatoms. The molecule has 0 radical (unpaired) electrons. The van der Waals surface area contributed by atoms with Crippen LogP contribution in [0, 0.1) is 5.41 Å². The quantitative estimate of drug-likeness (QED) is 0.178. The van der Waals surface area contributed by atoms with E-state index in [1.807, 2.05) is 0 Å². The van der Waals surface area contributed by atoms with Gasteiger partial charge in [0.25, 0.3) is 0 Å². The van der Waals surface area contributed by atoms with Crippen LogP contribution in [0.25, 0.3) is 0 Å². The second kappa shape index (κ2) is 11.3. The molecule has 1 aromatic heterocycles. The maximum Gasteiger partial charge on any atom is 0.416 e. The lowest BCUT2D eigenvalue weighted by molar-refractivity contribution is -0.137. The van der Waals surface area contributed by atoms with E-state index in [0.717, 1.165) is 67.5 Å². The second-order valence-corrected chi connectivity index (χ2v) is 22.1. The fourth-order valence-corrected chi connectivity index (χ4v) is 10.2. The van der Waals surface area contributed by atoms with Crippen molar-refractivity contribution in [3.05, 3.63) is 63.5 Å². The first kappa shape index (κ1) is 32.9. The molecule has 2 aliphatic heterocycles. The van der Waals surface area contributed by atoms with Crippen molar-refractivity contribution in [2.24, 2.45) is 5.41 Å². The highest BCUT2D eigenvalue weighted by molar-refractivity contribution is 14.1. The Morgan fingerprint density at radius 2 is 1.66 bits per heavy atom. The van der Waals surface area contributed by atoms with Crippen LogP contribution in [0.3, 0.4) is 0 Å². The van der Waals surface area contributed by atoms with Gasteiger partial charge in [0, 0.05) is 45.4 Å². The summed E-state index contributed by atoms with van der Waals surface area (Å²) in [5, 5.41) is 0.0451. The van der Waals surface area contributed by atoms with Crippen LogP contribution in [0.5, 0.6) is 0 Å². The molecule has 2 unspecified atom stereocenters. The largest absolute Gasteiger partial charge is 0.416 e. The smallest absolute Gasteiger partial charge is 0.410 e. The molecule has 4 atom stereocenters. The molecular formula is C35H47F3INO3Si. The van der Waals surface area contributed by atoms with Gasteiger partial charge >= 0.3 is 6.18 Å². The van der Waals surface area contributed by atoms with Gasteiger partial charge < -0.3 is 13.9 Å². The number of nitrogens with zero attached hydrogens (tertiary/aromatic N) is 1. The van der Waals surface area contributed by atoms with Gasteiger partial charge in [0.05, 0.1) is 17.4 Å². The average Bonchev–Trinajstić information content (AvgIpc) is 3.47. The summed E-state index contributed by atoms with van der Waals surface area (Å²) in [4.78, 5) is 5.58. The first-order chi connectivity index (χ1) is 20.4. The Kier molecular flexibility index (Phi) is 8.46. The summed E-state index contributed by atoms with van der Waals surface area (Å²) >= 11 is 2.58. The predicted molar refractivity (Wildman–Crippen MR) is 178 cm³/mol. The van der Waals surface area contributed by atoms with E-state index in [-0.39, 0.29) is 26.4 Å². The number of benzene rings is 1. The second-order valence-electron chi connectivity index (χ2n) is 15.8. The molecule has 2 aliphatic carbocycles. The molecule has 1 saturated carbocycles. The highest BCUT2D eigenvalue weighted by Gasteiger charge is 2.57. The predicted octanol–water partition coefficient (Wildman–Crippen LogP) is 10.3. The Labute approximate surface area is 275 Å². The molecule has 0 N–H and O–H groups in total. The van der Waals surface area contributed by atoms with Crippen molar-refractivity contribution in [3.8, 4) is 0 Å². The highest BCUT2D eigenvalue weighted by atomic mass is 127. The minimum absolute atomic E-state index is 0.0209. The lowest BCUT2D eigenvalue weighted by atomic mass is 9.70. The zero-order chi connectivity index (χ0) is 31.9. The summed E-state index contributed by atoms with van der Waals surface area (Å²) in [7, 11) is -2.17. The van der Waals surface area contributed by atoms with Crippen molar-refractivity contribution >= 4 is 30.9 Å². The van der Waals surface area contributed by atoms with Crippen molar-refractivity contribution in [1.29, 1.82) is 0 Å². The number of fused-ring (bicyclic) bond motifs is 4. The minimum Gasteiger partial charge on any atom is -0.410 e. The number of rotatable bonds is 4. The molecule has 0 bridgehead atoms. The molecule has 242 valence electrons. The SMILES string of the molecule is CC1(C)Cc2nc(C3CCOCC3)c3c(c2[C@@H](O[Si](C)(C)C(C)(C)C)C1)C1(CCCC1I)O[C@H]3c1ccc(C(F)(F)F)cc1. The van der Waals surface area contributed by atoms with Gasteiger partial charge in [0.2, 0.25) is 0 Å². The topological polar surface area (TPSA) is 40.6 Å². The summed E-state index contributed by atoms with van der Waals surface area (Å²) in [5.74, 6) is 0.220. The third-order valence-corrected chi connectivity index (χ3v) is 17.1. The Morgan fingerprint density at radius 1 is 1.00 bits per heavy atom. The maximum absolute atomic E-state index is 13.6. The van der Waals surface area contributed by atoms with Gasteiger partial charge in [-0.2, -0.15) is 13.2 Å². The number of ether oxygens (including phenoxy) is 2. The van der Waals surface area contributed by atoms with Crippen LogP contribution in [-0.2, 0) is 32.1 Å². The van der Waals surface area contributed by atoms with Gasteiger partial charge in [0.15, 0.2) is 8.32 Å². The van der Waals surface area contributed by atoms with Gasteiger partial charge in [-0.3, -0.25) is 4.98 Å². The lowest BCUT2D eigenvalue weighted by Crippen LogP contribution is -2.44. The summed E-state index contributed by atoms with van der Waals surface area (Å²) in [6.07, 6.45) is 1.57. The van der Waals surface area contributed by atoms with E-state index in [9.17, 15) is 13.2 Å². The summed E-state index contributed by atoms with van der Waals surface area (Å²) in [6.45, 7) is 17.5. The van der Waals surface area contributed by atoms with E-state index in [1.165, 1.54) is 23.3 Å². The van der Waals surface area contributed by atoms with Crippen molar-refractivity contribution in [1.82, 2.24) is 4.98 Å². The van der Waals surface area contributed by atoms with Gasteiger partial charge in [-0.05, 0) is 86.2 Å². The van der Waals surface area contributed by atoms with Crippen LogP contribution in [0.2, 0.25) is 18.1 Å². The fourth-order valence-electron chi connectivity index (χ4n) is 7.69. The Balaban J connectivity index is 1.61. The first-order valence-corrected chi connectivity index (χ1v) is 20.4. The van der Waals surface area contributed by atoms with Crippen molar-refractivity contribution in [3.63, 3.8) is 0 Å². The van der Waals surface area contributed by atoms with Crippen molar-refractivity contribution in [2.75, 3.05) is 13.2 Å². The van der Waals surface area contributed by atoms with Gasteiger partial charge in [-0.1, -0.05) is 69.3 Å². The van der Waals surface area contributed by atoms with Crippen LogP contribution in [0.4, 0.5) is 13.2 Å². The fraction of sp³-hybridized carbons (Fsp3) is 0.686. The molecule has 44 heavy (non-hydrogen) atoms. The Morgan fingerprint density at radius 3 is 2.23 bits per heavy atom. The van der Waals surface area contributed by atoms with E-state index in [0.29, 0.717) is 13.2 Å². The molecule has 0 amide bonds. The van der Waals surface area contributed by atoms with E-state index in [2.05, 4.69) is 70.3 Å². The Hall–Kier alpha value is -1.01. The molecule has 1 saturated heterocycles. The molecule has 3 heterocycles. The van der Waals surface area contributed by atoms with Crippen LogP contribution < -0.4 is 0 Å². The molecule has 4 nitrogen and oxygen atoms in total. The highest BCUT2D eigenvalue weighted by Crippen LogP contribution is 2.62. The number of pyridine rings is 1. The Bertz CT molecular complexity index is 1400. The van der Waals surface area contributed by atoms with Gasteiger partial charge in [-0.15, -0.1) is 0 Å². The molecule has 1 aromatic carbocycles. The molecule has 6 rings (SSSR count).